The molecule has 0 aliphatic rings. The van der Waals surface area contributed by atoms with Crippen LogP contribution in [0.3, 0.4) is 0 Å². The number of hydrogen-bond donors (Lipinski definition) is 0. The molecule has 1 nitrogen and oxygen atoms in total. The van der Waals surface area contributed by atoms with Crippen LogP contribution in [0.4, 0.5) is 0 Å². The first kappa shape index (κ1) is 6.27. The van der Waals surface area contributed by atoms with E-state index in [9.17, 15) is 4.55 Å². The predicted octanol–water partition coefficient (Wildman–Crippen LogP) is 0.383. The van der Waals surface area contributed by atoms with Crippen molar-refractivity contribution in [2.45, 2.75) is 0 Å². The third-order valence-electron chi connectivity index (χ3n) is 0.254. The summed E-state index contributed by atoms with van der Waals surface area (Å²) in [5.41, 5.74) is 0. The Morgan fingerprint density at radius 3 is 2.50 bits per heavy atom. The van der Waals surface area contributed by atoms with Crippen LogP contribution < -0.4 is 0 Å². The lowest BCUT2D eigenvalue weighted by atomic mass is 10.8. The molecule has 0 radical (unpaired) electrons. The molecule has 0 amide bonds. The van der Waals surface area contributed by atoms with Gasteiger partial charge in [-0.3, -0.25) is 0 Å². The molecular formula is C3H5OS2-. The van der Waals surface area contributed by atoms with Gasteiger partial charge in [-0.15, -0.1) is 6.58 Å². The summed E-state index contributed by atoms with van der Waals surface area (Å²) in [6.07, 6.45) is 1.54. The molecule has 0 spiro atoms. The summed E-state index contributed by atoms with van der Waals surface area (Å²) in [4.78, 5) is 0. The smallest absolute Gasteiger partial charge is 0.00218 e. The van der Waals surface area contributed by atoms with Crippen molar-refractivity contribution in [3.05, 3.63) is 12.7 Å². The Morgan fingerprint density at radius 1 is 2.00 bits per heavy atom. The average molecular weight is 121 g/mol. The van der Waals surface area contributed by atoms with Crippen LogP contribution in [0, 0.1) is 0 Å². The second kappa shape index (κ2) is 3.46. The molecule has 0 saturated heterocycles. The maximum Gasteiger partial charge on any atom is 0.00218 e. The largest absolute Gasteiger partial charge is 0.794 e. The maximum atomic E-state index is 9.90. The Balaban J connectivity index is 3.05. The first-order valence-corrected chi connectivity index (χ1v) is 3.68. The third-order valence-corrected chi connectivity index (χ3v) is 1.17. The van der Waals surface area contributed by atoms with Crippen LogP contribution in [0.2, 0.25) is 0 Å². The van der Waals surface area contributed by atoms with Crippen LogP contribution in [-0.2, 0) is 20.9 Å². The van der Waals surface area contributed by atoms with Crippen molar-refractivity contribution in [3.63, 3.8) is 0 Å². The zero-order chi connectivity index (χ0) is 4.99. The van der Waals surface area contributed by atoms with Crippen LogP contribution >= 0.6 is 0 Å². The van der Waals surface area contributed by atoms with Crippen molar-refractivity contribution in [2.75, 3.05) is 5.75 Å². The van der Waals surface area contributed by atoms with Crippen LogP contribution in [0.5, 0.6) is 0 Å². The van der Waals surface area contributed by atoms with E-state index in [1.165, 1.54) is 0 Å². The van der Waals surface area contributed by atoms with Crippen molar-refractivity contribution < 1.29 is 4.55 Å². The zero-order valence-corrected chi connectivity index (χ0v) is 4.85. The van der Waals surface area contributed by atoms with E-state index in [0.29, 0.717) is 5.75 Å². The van der Waals surface area contributed by atoms with E-state index < -0.39 is 9.74 Å². The van der Waals surface area contributed by atoms with Crippen LogP contribution in [-0.4, -0.2) is 10.3 Å². The predicted molar refractivity (Wildman–Crippen MR) is 30.6 cm³/mol. The Labute approximate surface area is 44.5 Å². The van der Waals surface area contributed by atoms with Gasteiger partial charge in [-0.2, -0.15) is 0 Å². The molecule has 3 heteroatoms. The van der Waals surface area contributed by atoms with Gasteiger partial charge in [-0.25, -0.2) is 9.74 Å². The molecule has 0 N–H and O–H groups in total. The first-order valence-electron chi connectivity index (χ1n) is 1.44. The molecular weight excluding hydrogens is 116 g/mol. The van der Waals surface area contributed by atoms with Gasteiger partial charge in [0, 0.05) is 5.75 Å². The van der Waals surface area contributed by atoms with E-state index in [1.807, 2.05) is 0 Å². The van der Waals surface area contributed by atoms with Crippen LogP contribution in [0.1, 0.15) is 0 Å². The molecule has 0 heterocycles. The maximum absolute atomic E-state index is 9.90. The molecule has 0 aliphatic heterocycles. The normalized spacial score (nSPS) is 13.5. The highest BCUT2D eigenvalue weighted by molar-refractivity contribution is 8.25. The Hall–Kier alpha value is 0.270. The molecule has 0 bridgehead atoms. The van der Waals surface area contributed by atoms with Crippen molar-refractivity contribution in [3.8, 4) is 0 Å². The molecule has 0 rings (SSSR count). The van der Waals surface area contributed by atoms with Crippen LogP contribution in [0.25, 0.3) is 0 Å². The van der Waals surface area contributed by atoms with E-state index in [-0.39, 0.29) is 0 Å². The van der Waals surface area contributed by atoms with Gasteiger partial charge >= 0.3 is 0 Å². The van der Waals surface area contributed by atoms with Gasteiger partial charge < -0.3 is 4.55 Å². The summed E-state index contributed by atoms with van der Waals surface area (Å²) >= 11 is 4.28. The zero-order valence-electron chi connectivity index (χ0n) is 3.22. The van der Waals surface area contributed by atoms with Gasteiger partial charge in [0.05, 0.1) is 0 Å². The lowest BCUT2D eigenvalue weighted by Gasteiger charge is -2.00. The van der Waals surface area contributed by atoms with Gasteiger partial charge in [-0.05, 0) is 0 Å². The van der Waals surface area contributed by atoms with Gasteiger partial charge in [0.15, 0.2) is 0 Å². The topological polar surface area (TPSA) is 23.1 Å². The summed E-state index contributed by atoms with van der Waals surface area (Å²) in [5, 5.41) is 0. The quantitative estimate of drug-likeness (QED) is 0.493. The summed E-state index contributed by atoms with van der Waals surface area (Å²) in [7, 11) is -1.10. The van der Waals surface area contributed by atoms with E-state index in [1.54, 1.807) is 6.08 Å². The van der Waals surface area contributed by atoms with Gasteiger partial charge in [0.1, 0.15) is 0 Å². The second-order valence-electron chi connectivity index (χ2n) is 0.759. The Kier molecular flexibility index (Phi) is 3.62. The molecule has 1 atom stereocenters. The summed E-state index contributed by atoms with van der Waals surface area (Å²) < 4.78 is 9.90. The molecule has 36 valence electrons. The molecule has 0 aromatic carbocycles. The monoisotopic (exact) mass is 121 g/mol. The fourth-order valence-corrected chi connectivity index (χ4v) is 0.577. The Bertz CT molecular complexity index is 69.2. The summed E-state index contributed by atoms with van der Waals surface area (Å²) in [6, 6.07) is 0. The standard InChI is InChI=1S/C3H6OS2/c1-2-3-6(4)5/h2H,1,3H2,(H,4,5)/p-1. The van der Waals surface area contributed by atoms with Gasteiger partial charge in [-0.1, -0.05) is 17.3 Å². The number of hydrogen-bond acceptors (Lipinski definition) is 2. The van der Waals surface area contributed by atoms with E-state index in [0.717, 1.165) is 0 Å². The molecule has 0 aliphatic carbocycles. The van der Waals surface area contributed by atoms with E-state index in [2.05, 4.69) is 17.8 Å². The van der Waals surface area contributed by atoms with Crippen molar-refractivity contribution in [1.82, 2.24) is 0 Å². The summed E-state index contributed by atoms with van der Waals surface area (Å²) in [6.45, 7) is 3.34. The van der Waals surface area contributed by atoms with E-state index in [4.69, 9.17) is 0 Å². The molecule has 6 heavy (non-hydrogen) atoms. The number of rotatable bonds is 2. The first-order chi connectivity index (χ1) is 2.77. The second-order valence-corrected chi connectivity index (χ2v) is 2.82. The van der Waals surface area contributed by atoms with Crippen molar-refractivity contribution in [2.24, 2.45) is 0 Å². The van der Waals surface area contributed by atoms with Gasteiger partial charge in [0.2, 0.25) is 0 Å². The lowest BCUT2D eigenvalue weighted by molar-refractivity contribution is 0.614. The molecule has 0 saturated carbocycles. The lowest BCUT2D eigenvalue weighted by Crippen LogP contribution is -1.85. The molecule has 0 aromatic rings. The van der Waals surface area contributed by atoms with Crippen molar-refractivity contribution >= 4 is 20.9 Å². The third kappa shape index (κ3) is 4.27. The highest BCUT2D eigenvalue weighted by atomic mass is 32.8. The van der Waals surface area contributed by atoms with E-state index >= 15 is 0 Å². The highest BCUT2D eigenvalue weighted by Crippen LogP contribution is 1.70. The minimum atomic E-state index is -1.10. The highest BCUT2D eigenvalue weighted by Gasteiger charge is 1.62. The molecule has 0 fully saturated rings. The van der Waals surface area contributed by atoms with Gasteiger partial charge in [0.25, 0.3) is 0 Å². The van der Waals surface area contributed by atoms with Crippen molar-refractivity contribution in [1.29, 1.82) is 0 Å². The van der Waals surface area contributed by atoms with Crippen LogP contribution in [0.15, 0.2) is 12.7 Å². The molecule has 0 aromatic heterocycles. The summed E-state index contributed by atoms with van der Waals surface area (Å²) in [5.74, 6) is 0.426. The molecule has 1 unspecified atom stereocenters. The fraction of sp³-hybridized carbons (Fsp3) is 0.333. The minimum Gasteiger partial charge on any atom is -0.794 e. The fourth-order valence-electron chi connectivity index (χ4n) is 0.0962. The average Bonchev–Trinajstić information content (AvgIpc) is 1.35. The SMILES string of the molecule is C=CCS([O-])=S. The minimum absolute atomic E-state index is 0.426. The Morgan fingerprint density at radius 2 is 2.50 bits per heavy atom.